The number of hydrogen-bond acceptors (Lipinski definition) is 5. The van der Waals surface area contributed by atoms with Gasteiger partial charge in [-0.2, -0.15) is 4.31 Å². The van der Waals surface area contributed by atoms with Crippen LogP contribution in [0, 0.1) is 13.8 Å². The number of sulfonamides is 1. The molecule has 1 aromatic rings. The fourth-order valence-electron chi connectivity index (χ4n) is 3.60. The number of rotatable bonds is 8. The number of nitrogens with one attached hydrogen (secondary N) is 2. The second-order valence-corrected chi connectivity index (χ2v) is 10.00. The summed E-state index contributed by atoms with van der Waals surface area (Å²) in [5.41, 5.74) is 1.63. The molecular formula is C21H34N4O4S. The third-order valence-corrected chi connectivity index (χ3v) is 7.41. The van der Waals surface area contributed by atoms with Crippen LogP contribution in [0.5, 0.6) is 0 Å². The molecule has 0 radical (unpaired) electrons. The first-order valence-corrected chi connectivity index (χ1v) is 11.9. The van der Waals surface area contributed by atoms with Gasteiger partial charge in [0.05, 0.1) is 4.90 Å². The molecule has 1 aromatic carbocycles. The normalized spacial score (nSPS) is 17.7. The largest absolute Gasteiger partial charge is 0.348 e. The Labute approximate surface area is 180 Å². The van der Waals surface area contributed by atoms with Crippen LogP contribution in [0.3, 0.4) is 0 Å². The summed E-state index contributed by atoms with van der Waals surface area (Å²) in [6.45, 7) is 5.45. The maximum absolute atomic E-state index is 13.3. The van der Waals surface area contributed by atoms with Crippen molar-refractivity contribution in [2.24, 2.45) is 0 Å². The summed E-state index contributed by atoms with van der Waals surface area (Å²) >= 11 is 0. The number of carbonyl (C=O) groups is 2. The highest BCUT2D eigenvalue weighted by atomic mass is 32.2. The smallest absolute Gasteiger partial charge is 0.309 e. The molecule has 1 aliphatic heterocycles. The van der Waals surface area contributed by atoms with E-state index in [4.69, 9.17) is 0 Å². The Bertz CT molecular complexity index is 855. The molecule has 0 unspecified atom stereocenters. The standard InChI is InChI=1S/C21H34N4O4S/c1-16-8-9-17(2)19(15-16)30(28,29)25-13-6-5-7-18(25)10-11-22-20(26)21(27)23-12-14-24(3)4/h8-9,15,18H,5-7,10-14H2,1-4H3,(H,22,26)(H,23,27)/t18-/m0/s1. The predicted octanol–water partition coefficient (Wildman–Crippen LogP) is 1.03. The van der Waals surface area contributed by atoms with Crippen LogP contribution < -0.4 is 10.6 Å². The molecule has 0 spiro atoms. The van der Waals surface area contributed by atoms with E-state index in [1.807, 2.05) is 38.1 Å². The second kappa shape index (κ2) is 10.9. The Hall–Kier alpha value is -1.97. The van der Waals surface area contributed by atoms with Gasteiger partial charge >= 0.3 is 11.8 Å². The van der Waals surface area contributed by atoms with Crippen molar-refractivity contribution in [2.75, 3.05) is 40.3 Å². The van der Waals surface area contributed by atoms with Gasteiger partial charge in [0, 0.05) is 32.2 Å². The Morgan fingerprint density at radius 3 is 2.43 bits per heavy atom. The molecule has 9 heteroatoms. The molecule has 1 fully saturated rings. The summed E-state index contributed by atoms with van der Waals surface area (Å²) in [4.78, 5) is 26.1. The summed E-state index contributed by atoms with van der Waals surface area (Å²) in [6.07, 6.45) is 2.99. The second-order valence-electron chi connectivity index (χ2n) is 8.14. The fraction of sp³-hybridized carbons (Fsp3) is 0.619. The Balaban J connectivity index is 1.97. The molecule has 2 rings (SSSR count). The Kier molecular flexibility index (Phi) is 8.81. The number of amides is 2. The van der Waals surface area contributed by atoms with E-state index in [0.29, 0.717) is 31.0 Å². The SMILES string of the molecule is Cc1ccc(C)c(S(=O)(=O)N2CCCC[C@H]2CCNC(=O)C(=O)NCCN(C)C)c1. The van der Waals surface area contributed by atoms with Gasteiger partial charge in [-0.15, -0.1) is 0 Å². The molecule has 8 nitrogen and oxygen atoms in total. The van der Waals surface area contributed by atoms with E-state index in [0.717, 1.165) is 30.4 Å². The van der Waals surface area contributed by atoms with Gasteiger partial charge in [0.2, 0.25) is 10.0 Å². The van der Waals surface area contributed by atoms with Gasteiger partial charge in [0.1, 0.15) is 0 Å². The average Bonchev–Trinajstić information content (AvgIpc) is 2.69. The van der Waals surface area contributed by atoms with Crippen molar-refractivity contribution < 1.29 is 18.0 Å². The maximum atomic E-state index is 13.3. The van der Waals surface area contributed by atoms with Crippen LogP contribution in [0.15, 0.2) is 23.1 Å². The number of piperidine rings is 1. The van der Waals surface area contributed by atoms with Gasteiger partial charge in [0.25, 0.3) is 0 Å². The van der Waals surface area contributed by atoms with Crippen LogP contribution in [0.25, 0.3) is 0 Å². The molecule has 2 N–H and O–H groups in total. The lowest BCUT2D eigenvalue weighted by Crippen LogP contribution is -2.46. The first kappa shape index (κ1) is 24.3. The third kappa shape index (κ3) is 6.52. The summed E-state index contributed by atoms with van der Waals surface area (Å²) in [6, 6.07) is 5.26. The molecule has 168 valence electrons. The van der Waals surface area contributed by atoms with Crippen LogP contribution in [-0.2, 0) is 19.6 Å². The minimum Gasteiger partial charge on any atom is -0.348 e. The number of aryl methyl sites for hydroxylation is 2. The molecule has 2 amide bonds. The zero-order valence-corrected chi connectivity index (χ0v) is 19.2. The van der Waals surface area contributed by atoms with Gasteiger partial charge in [0.15, 0.2) is 0 Å². The minimum atomic E-state index is -3.61. The van der Waals surface area contributed by atoms with E-state index in [-0.39, 0.29) is 12.6 Å². The quantitative estimate of drug-likeness (QED) is 0.591. The van der Waals surface area contributed by atoms with Gasteiger partial charge in [-0.3, -0.25) is 9.59 Å². The summed E-state index contributed by atoms with van der Waals surface area (Å²) in [5.74, 6) is -1.35. The fourth-order valence-corrected chi connectivity index (χ4v) is 5.63. The van der Waals surface area contributed by atoms with Gasteiger partial charge in [-0.1, -0.05) is 18.6 Å². The van der Waals surface area contributed by atoms with E-state index in [9.17, 15) is 18.0 Å². The topological polar surface area (TPSA) is 98.8 Å². The van der Waals surface area contributed by atoms with E-state index in [1.165, 1.54) is 0 Å². The first-order chi connectivity index (χ1) is 14.1. The van der Waals surface area contributed by atoms with Gasteiger partial charge < -0.3 is 15.5 Å². The van der Waals surface area contributed by atoms with Crippen LogP contribution in [0.1, 0.15) is 36.8 Å². The van der Waals surface area contributed by atoms with Crippen molar-refractivity contribution in [1.82, 2.24) is 19.8 Å². The van der Waals surface area contributed by atoms with Crippen molar-refractivity contribution >= 4 is 21.8 Å². The Morgan fingerprint density at radius 1 is 1.10 bits per heavy atom. The maximum Gasteiger partial charge on any atom is 0.309 e. The van der Waals surface area contributed by atoms with Crippen LogP contribution in [0.2, 0.25) is 0 Å². The lowest BCUT2D eigenvalue weighted by atomic mass is 10.0. The van der Waals surface area contributed by atoms with Crippen LogP contribution >= 0.6 is 0 Å². The van der Waals surface area contributed by atoms with Gasteiger partial charge in [-0.25, -0.2) is 8.42 Å². The molecule has 30 heavy (non-hydrogen) atoms. The summed E-state index contributed by atoms with van der Waals surface area (Å²) in [7, 11) is 0.152. The number of nitrogens with zero attached hydrogens (tertiary/aromatic N) is 2. The highest BCUT2D eigenvalue weighted by Crippen LogP contribution is 2.29. The van der Waals surface area contributed by atoms with E-state index >= 15 is 0 Å². The highest BCUT2D eigenvalue weighted by molar-refractivity contribution is 7.89. The molecule has 0 aromatic heterocycles. The monoisotopic (exact) mass is 438 g/mol. The zero-order valence-electron chi connectivity index (χ0n) is 18.4. The molecule has 1 saturated heterocycles. The first-order valence-electron chi connectivity index (χ1n) is 10.4. The lowest BCUT2D eigenvalue weighted by Gasteiger charge is -2.35. The summed E-state index contributed by atoms with van der Waals surface area (Å²) in [5, 5.41) is 5.18. The lowest BCUT2D eigenvalue weighted by molar-refractivity contribution is -0.139. The van der Waals surface area contributed by atoms with Crippen molar-refractivity contribution in [3.05, 3.63) is 29.3 Å². The number of carbonyl (C=O) groups excluding carboxylic acids is 2. The molecule has 0 bridgehead atoms. The number of benzene rings is 1. The average molecular weight is 439 g/mol. The molecule has 1 atom stereocenters. The van der Waals surface area contributed by atoms with Crippen molar-refractivity contribution in [3.8, 4) is 0 Å². The van der Waals surface area contributed by atoms with Crippen molar-refractivity contribution in [3.63, 3.8) is 0 Å². The van der Waals surface area contributed by atoms with Crippen LogP contribution in [-0.4, -0.2) is 75.8 Å². The highest BCUT2D eigenvalue weighted by Gasteiger charge is 2.34. The molecule has 1 aliphatic rings. The van der Waals surface area contributed by atoms with Crippen molar-refractivity contribution in [2.45, 2.75) is 50.5 Å². The molecule has 1 heterocycles. The molecule has 0 aliphatic carbocycles. The van der Waals surface area contributed by atoms with E-state index in [1.54, 1.807) is 17.3 Å². The van der Waals surface area contributed by atoms with Crippen LogP contribution in [0.4, 0.5) is 0 Å². The third-order valence-electron chi connectivity index (χ3n) is 5.32. The zero-order chi connectivity index (χ0) is 22.3. The van der Waals surface area contributed by atoms with Crippen molar-refractivity contribution in [1.29, 1.82) is 0 Å². The number of hydrogen-bond donors (Lipinski definition) is 2. The molecular weight excluding hydrogens is 404 g/mol. The van der Waals surface area contributed by atoms with Gasteiger partial charge in [-0.05, 0) is 64.4 Å². The predicted molar refractivity (Wildman–Crippen MR) is 117 cm³/mol. The molecule has 0 saturated carbocycles. The Morgan fingerprint density at radius 2 is 1.77 bits per heavy atom. The number of likely N-dealkylation sites (N-methyl/N-ethyl adjacent to an activating group) is 1. The van der Waals surface area contributed by atoms with E-state index < -0.39 is 21.8 Å². The van der Waals surface area contributed by atoms with E-state index in [2.05, 4.69) is 10.6 Å². The minimum absolute atomic E-state index is 0.194. The summed E-state index contributed by atoms with van der Waals surface area (Å²) < 4.78 is 28.2.